The average Bonchev–Trinajstić information content (AvgIpc) is 2.87. The Hall–Kier alpha value is -3.76. The molecule has 0 aromatic heterocycles. The van der Waals surface area contributed by atoms with Gasteiger partial charge in [0.2, 0.25) is 0 Å². The average molecular weight is 516 g/mol. The summed E-state index contributed by atoms with van der Waals surface area (Å²) in [5.74, 6) is 0.965. The van der Waals surface area contributed by atoms with Gasteiger partial charge in [-0.2, -0.15) is 5.10 Å². The molecular formula is C24H22ClN3O6S. The van der Waals surface area contributed by atoms with Gasteiger partial charge >= 0.3 is 0 Å². The summed E-state index contributed by atoms with van der Waals surface area (Å²) >= 11 is 6.09. The number of carbonyl (C=O) groups is 1. The Bertz CT molecular complexity index is 1350. The molecule has 0 saturated heterocycles. The summed E-state index contributed by atoms with van der Waals surface area (Å²) in [5, 5.41) is 4.29. The molecule has 1 aliphatic heterocycles. The number of amides is 1. The van der Waals surface area contributed by atoms with Crippen LogP contribution in [0, 0.1) is 0 Å². The van der Waals surface area contributed by atoms with Gasteiger partial charge in [0.05, 0.1) is 23.9 Å². The molecule has 0 atom stereocenters. The van der Waals surface area contributed by atoms with E-state index in [1.54, 1.807) is 36.4 Å². The number of hydrogen-bond donors (Lipinski definition) is 1. The molecule has 3 aromatic carbocycles. The second kappa shape index (κ2) is 10.7. The predicted molar refractivity (Wildman–Crippen MR) is 132 cm³/mol. The van der Waals surface area contributed by atoms with Gasteiger partial charge in [-0.25, -0.2) is 13.8 Å². The molecule has 35 heavy (non-hydrogen) atoms. The molecule has 0 aliphatic carbocycles. The van der Waals surface area contributed by atoms with Crippen molar-refractivity contribution in [2.75, 3.05) is 31.2 Å². The summed E-state index contributed by atoms with van der Waals surface area (Å²) in [7, 11) is -2.63. The number of nitrogens with one attached hydrogen (secondary N) is 1. The molecule has 1 N–H and O–H groups in total. The van der Waals surface area contributed by atoms with Crippen LogP contribution < -0.4 is 23.9 Å². The number of nitrogens with zero attached hydrogens (tertiary/aromatic N) is 2. The molecule has 11 heteroatoms. The molecule has 1 amide bonds. The third-order valence-electron chi connectivity index (χ3n) is 5.02. The molecule has 0 spiro atoms. The first-order chi connectivity index (χ1) is 16.9. The standard InChI is InChI=1S/C24H22ClN3O6S/c1-32-20-8-10-21(11-9-20)35(30,31)28(19-6-3-5-18(25)14-19)16-23(29)27-26-15-17-4-2-7-22-24(17)34-13-12-33-22/h2-11,14-15H,12-13,16H2,1H3,(H,27,29)/b26-15-. The Morgan fingerprint density at radius 1 is 1.11 bits per heavy atom. The van der Waals surface area contributed by atoms with Crippen molar-refractivity contribution in [1.29, 1.82) is 0 Å². The lowest BCUT2D eigenvalue weighted by Crippen LogP contribution is -2.39. The largest absolute Gasteiger partial charge is 0.497 e. The van der Waals surface area contributed by atoms with Crippen molar-refractivity contribution in [2.45, 2.75) is 4.90 Å². The number of benzene rings is 3. The third-order valence-corrected chi connectivity index (χ3v) is 7.04. The number of ether oxygens (including phenoxy) is 3. The number of sulfonamides is 1. The minimum absolute atomic E-state index is 0.0114. The van der Waals surface area contributed by atoms with Crippen molar-refractivity contribution in [3.8, 4) is 17.2 Å². The van der Waals surface area contributed by atoms with Crippen molar-refractivity contribution in [3.05, 3.63) is 77.3 Å². The van der Waals surface area contributed by atoms with Gasteiger partial charge in [-0.3, -0.25) is 9.10 Å². The Morgan fingerprint density at radius 3 is 2.60 bits per heavy atom. The minimum Gasteiger partial charge on any atom is -0.497 e. The van der Waals surface area contributed by atoms with E-state index in [-0.39, 0.29) is 10.6 Å². The lowest BCUT2D eigenvalue weighted by atomic mass is 10.2. The molecule has 0 bridgehead atoms. The van der Waals surface area contributed by atoms with Crippen LogP contribution in [0.25, 0.3) is 0 Å². The highest BCUT2D eigenvalue weighted by Crippen LogP contribution is 2.32. The van der Waals surface area contributed by atoms with Crippen LogP contribution in [0.2, 0.25) is 5.02 Å². The minimum atomic E-state index is -4.11. The summed E-state index contributed by atoms with van der Waals surface area (Å²) in [6, 6.07) is 17.4. The Morgan fingerprint density at radius 2 is 1.86 bits per heavy atom. The van der Waals surface area contributed by atoms with E-state index in [4.69, 9.17) is 25.8 Å². The monoisotopic (exact) mass is 515 g/mol. The van der Waals surface area contributed by atoms with Crippen LogP contribution in [0.15, 0.2) is 76.7 Å². The van der Waals surface area contributed by atoms with E-state index in [9.17, 15) is 13.2 Å². The lowest BCUT2D eigenvalue weighted by Gasteiger charge is -2.24. The van der Waals surface area contributed by atoms with Crippen molar-refractivity contribution < 1.29 is 27.4 Å². The van der Waals surface area contributed by atoms with Crippen LogP contribution in [0.1, 0.15) is 5.56 Å². The molecule has 0 saturated carbocycles. The smallest absolute Gasteiger partial charge is 0.264 e. The molecule has 182 valence electrons. The normalized spacial score (nSPS) is 12.9. The van der Waals surface area contributed by atoms with Crippen LogP contribution in [0.5, 0.6) is 17.2 Å². The Balaban J connectivity index is 1.55. The summed E-state index contributed by atoms with van der Waals surface area (Å²) in [6.45, 7) is 0.326. The maximum absolute atomic E-state index is 13.4. The highest BCUT2D eigenvalue weighted by molar-refractivity contribution is 7.92. The summed E-state index contributed by atoms with van der Waals surface area (Å²) < 4.78 is 44.1. The van der Waals surface area contributed by atoms with Crippen LogP contribution in [-0.2, 0) is 14.8 Å². The van der Waals surface area contributed by atoms with E-state index in [0.717, 1.165) is 4.31 Å². The number of para-hydroxylation sites is 1. The molecule has 0 radical (unpaired) electrons. The fourth-order valence-electron chi connectivity index (χ4n) is 3.36. The van der Waals surface area contributed by atoms with E-state index < -0.39 is 22.5 Å². The SMILES string of the molecule is COc1ccc(S(=O)(=O)N(CC(=O)N/N=C\c2cccc3c2OCCO3)c2cccc(Cl)c2)cc1. The van der Waals surface area contributed by atoms with Gasteiger partial charge in [-0.1, -0.05) is 23.7 Å². The van der Waals surface area contributed by atoms with E-state index in [2.05, 4.69) is 10.5 Å². The van der Waals surface area contributed by atoms with Crippen LogP contribution >= 0.6 is 11.6 Å². The zero-order valence-corrected chi connectivity index (χ0v) is 20.3. The number of hydrogen-bond acceptors (Lipinski definition) is 7. The third kappa shape index (κ3) is 5.67. The summed E-state index contributed by atoms with van der Waals surface area (Å²) in [5.41, 5.74) is 3.21. The maximum atomic E-state index is 13.4. The predicted octanol–water partition coefficient (Wildman–Crippen LogP) is 3.47. The van der Waals surface area contributed by atoms with Crippen LogP contribution in [-0.4, -0.2) is 47.4 Å². The molecule has 1 heterocycles. The van der Waals surface area contributed by atoms with E-state index in [1.165, 1.54) is 43.7 Å². The van der Waals surface area contributed by atoms with Crippen molar-refractivity contribution in [2.24, 2.45) is 5.10 Å². The number of methoxy groups -OCH3 is 1. The second-order valence-electron chi connectivity index (χ2n) is 7.33. The first kappa shape index (κ1) is 24.4. The van der Waals surface area contributed by atoms with Gasteiger partial charge in [-0.15, -0.1) is 0 Å². The molecule has 9 nitrogen and oxygen atoms in total. The number of rotatable bonds is 8. The first-order valence-electron chi connectivity index (χ1n) is 10.5. The number of halogens is 1. The van der Waals surface area contributed by atoms with Crippen LogP contribution in [0.3, 0.4) is 0 Å². The van der Waals surface area contributed by atoms with Crippen molar-refractivity contribution in [1.82, 2.24) is 5.43 Å². The fourth-order valence-corrected chi connectivity index (χ4v) is 4.96. The maximum Gasteiger partial charge on any atom is 0.264 e. The van der Waals surface area contributed by atoms with Gasteiger partial charge in [0.1, 0.15) is 25.5 Å². The van der Waals surface area contributed by atoms with Gasteiger partial charge in [0, 0.05) is 10.6 Å². The number of fused-ring (bicyclic) bond motifs is 1. The van der Waals surface area contributed by atoms with E-state index in [1.807, 2.05) is 0 Å². The Kier molecular flexibility index (Phi) is 7.42. The molecule has 0 unspecified atom stereocenters. The van der Waals surface area contributed by atoms with Gasteiger partial charge < -0.3 is 14.2 Å². The molecule has 3 aromatic rings. The summed E-state index contributed by atoms with van der Waals surface area (Å²) in [6.07, 6.45) is 1.41. The number of hydrazone groups is 1. The van der Waals surface area contributed by atoms with Crippen molar-refractivity contribution >= 4 is 39.4 Å². The Labute approximate surface area is 207 Å². The number of carbonyl (C=O) groups excluding carboxylic acids is 1. The topological polar surface area (TPSA) is 107 Å². The summed E-state index contributed by atoms with van der Waals surface area (Å²) in [4.78, 5) is 12.7. The van der Waals surface area contributed by atoms with Gasteiger partial charge in [0.15, 0.2) is 11.5 Å². The molecular weight excluding hydrogens is 494 g/mol. The molecule has 0 fully saturated rings. The van der Waals surface area contributed by atoms with Gasteiger partial charge in [0.25, 0.3) is 15.9 Å². The van der Waals surface area contributed by atoms with E-state index >= 15 is 0 Å². The van der Waals surface area contributed by atoms with Gasteiger partial charge in [-0.05, 0) is 54.6 Å². The lowest BCUT2D eigenvalue weighted by molar-refractivity contribution is -0.119. The zero-order chi connectivity index (χ0) is 24.8. The fraction of sp³-hybridized carbons (Fsp3) is 0.167. The highest BCUT2D eigenvalue weighted by atomic mass is 35.5. The van der Waals surface area contributed by atoms with Crippen LogP contribution in [0.4, 0.5) is 5.69 Å². The molecule has 1 aliphatic rings. The number of anilines is 1. The quantitative estimate of drug-likeness (QED) is 0.364. The van der Waals surface area contributed by atoms with E-state index in [0.29, 0.717) is 41.0 Å². The molecule has 4 rings (SSSR count). The second-order valence-corrected chi connectivity index (χ2v) is 9.63. The first-order valence-corrected chi connectivity index (χ1v) is 12.3. The highest BCUT2D eigenvalue weighted by Gasteiger charge is 2.27. The van der Waals surface area contributed by atoms with Crippen molar-refractivity contribution in [3.63, 3.8) is 0 Å². The zero-order valence-electron chi connectivity index (χ0n) is 18.7.